The fourth-order valence-corrected chi connectivity index (χ4v) is 3.25. The number of nitrogens with zero attached hydrogens (tertiary/aromatic N) is 2. The highest BCUT2D eigenvalue weighted by Gasteiger charge is 2.34. The molecule has 1 unspecified atom stereocenters. The van der Waals surface area contributed by atoms with Crippen molar-refractivity contribution in [3.8, 4) is 0 Å². The molecule has 1 aromatic rings. The first-order valence-corrected chi connectivity index (χ1v) is 9.48. The van der Waals surface area contributed by atoms with Crippen molar-refractivity contribution >= 4 is 23.5 Å². The summed E-state index contributed by atoms with van der Waals surface area (Å²) in [5, 5.41) is 5.51. The third kappa shape index (κ3) is 5.45. The van der Waals surface area contributed by atoms with E-state index >= 15 is 0 Å². The molecule has 0 bridgehead atoms. The average molecular weight is 374 g/mol. The summed E-state index contributed by atoms with van der Waals surface area (Å²) in [5.74, 6) is 0.336. The van der Waals surface area contributed by atoms with Crippen LogP contribution in [0.25, 0.3) is 0 Å². The van der Waals surface area contributed by atoms with E-state index < -0.39 is 6.04 Å². The zero-order valence-electron chi connectivity index (χ0n) is 16.6. The van der Waals surface area contributed by atoms with Crippen LogP contribution < -0.4 is 10.6 Å². The van der Waals surface area contributed by atoms with Crippen molar-refractivity contribution in [2.24, 2.45) is 5.92 Å². The number of benzene rings is 1. The summed E-state index contributed by atoms with van der Waals surface area (Å²) in [4.78, 5) is 40.2. The van der Waals surface area contributed by atoms with Gasteiger partial charge in [-0.1, -0.05) is 32.0 Å². The van der Waals surface area contributed by atoms with Gasteiger partial charge in [0, 0.05) is 38.8 Å². The van der Waals surface area contributed by atoms with Crippen molar-refractivity contribution < 1.29 is 14.4 Å². The van der Waals surface area contributed by atoms with Crippen LogP contribution in [-0.2, 0) is 16.0 Å². The van der Waals surface area contributed by atoms with Crippen molar-refractivity contribution in [3.63, 3.8) is 0 Å². The van der Waals surface area contributed by atoms with E-state index in [-0.39, 0.29) is 17.8 Å². The summed E-state index contributed by atoms with van der Waals surface area (Å²) in [6.45, 7) is 7.69. The van der Waals surface area contributed by atoms with E-state index in [4.69, 9.17) is 0 Å². The Kier molecular flexibility index (Phi) is 7.21. The number of anilines is 1. The summed E-state index contributed by atoms with van der Waals surface area (Å²) in [7, 11) is 1.60. The quantitative estimate of drug-likeness (QED) is 0.800. The van der Waals surface area contributed by atoms with Crippen LogP contribution in [0.15, 0.2) is 24.3 Å². The van der Waals surface area contributed by atoms with Crippen molar-refractivity contribution in [1.29, 1.82) is 0 Å². The minimum absolute atomic E-state index is 0.0157. The van der Waals surface area contributed by atoms with Gasteiger partial charge in [0.1, 0.15) is 6.04 Å². The van der Waals surface area contributed by atoms with Gasteiger partial charge in [0.05, 0.1) is 0 Å². The molecule has 0 radical (unpaired) electrons. The normalized spacial score (nSPS) is 17.2. The van der Waals surface area contributed by atoms with Crippen LogP contribution >= 0.6 is 0 Å². The first-order valence-electron chi connectivity index (χ1n) is 9.48. The lowest BCUT2D eigenvalue weighted by atomic mass is 10.1. The molecule has 4 amide bonds. The minimum atomic E-state index is -0.490. The molecule has 1 aliphatic heterocycles. The van der Waals surface area contributed by atoms with Crippen LogP contribution in [0.2, 0.25) is 0 Å². The van der Waals surface area contributed by atoms with E-state index in [0.29, 0.717) is 44.1 Å². The smallest absolute Gasteiger partial charge is 0.322 e. The number of aryl methyl sites for hydroxylation is 1. The lowest BCUT2D eigenvalue weighted by molar-refractivity contribution is -0.139. The summed E-state index contributed by atoms with van der Waals surface area (Å²) < 4.78 is 0. The van der Waals surface area contributed by atoms with Gasteiger partial charge in [-0.3, -0.25) is 9.59 Å². The van der Waals surface area contributed by atoms with E-state index in [1.54, 1.807) is 18.9 Å². The fraction of sp³-hybridized carbons (Fsp3) is 0.550. The number of carbonyl (C=O) groups is 3. The van der Waals surface area contributed by atoms with Crippen LogP contribution in [0.4, 0.5) is 10.5 Å². The highest BCUT2D eigenvalue weighted by atomic mass is 16.2. The second-order valence-corrected chi connectivity index (χ2v) is 7.31. The van der Waals surface area contributed by atoms with Crippen molar-refractivity contribution in [2.75, 3.05) is 32.0 Å². The molecule has 0 spiro atoms. The molecular weight excluding hydrogens is 344 g/mol. The SMILES string of the molecule is CNC(=O)CCc1ccccc1NC(=O)N1CCN(CC(C)C)C(=O)C1C. The maximum absolute atomic E-state index is 12.8. The van der Waals surface area contributed by atoms with Gasteiger partial charge in [-0.25, -0.2) is 4.79 Å². The van der Waals surface area contributed by atoms with E-state index in [0.717, 1.165) is 5.56 Å². The second kappa shape index (κ2) is 9.39. The third-order valence-electron chi connectivity index (χ3n) is 4.75. The second-order valence-electron chi connectivity index (χ2n) is 7.31. The maximum Gasteiger partial charge on any atom is 0.322 e. The Bertz CT molecular complexity index is 690. The molecule has 1 heterocycles. The molecule has 0 aliphatic carbocycles. The van der Waals surface area contributed by atoms with Gasteiger partial charge < -0.3 is 20.4 Å². The highest BCUT2D eigenvalue weighted by molar-refractivity contribution is 5.95. The van der Waals surface area contributed by atoms with Crippen molar-refractivity contribution in [2.45, 2.75) is 39.7 Å². The molecule has 0 aromatic heterocycles. The number of carbonyl (C=O) groups excluding carboxylic acids is 3. The lowest BCUT2D eigenvalue weighted by Gasteiger charge is -2.39. The molecule has 2 N–H and O–H groups in total. The van der Waals surface area contributed by atoms with Crippen LogP contribution in [0.1, 0.15) is 32.8 Å². The predicted octanol–water partition coefficient (Wildman–Crippen LogP) is 2.09. The van der Waals surface area contributed by atoms with Crippen molar-refractivity contribution in [3.05, 3.63) is 29.8 Å². The minimum Gasteiger partial charge on any atom is -0.359 e. The Labute approximate surface area is 161 Å². The molecule has 1 saturated heterocycles. The Hall–Kier alpha value is -2.57. The average Bonchev–Trinajstić information content (AvgIpc) is 2.64. The molecule has 1 aromatic carbocycles. The summed E-state index contributed by atoms with van der Waals surface area (Å²) >= 11 is 0. The lowest BCUT2D eigenvalue weighted by Crippen LogP contribution is -2.59. The fourth-order valence-electron chi connectivity index (χ4n) is 3.25. The highest BCUT2D eigenvalue weighted by Crippen LogP contribution is 2.20. The summed E-state index contributed by atoms with van der Waals surface area (Å²) in [6.07, 6.45) is 0.888. The predicted molar refractivity (Wildman–Crippen MR) is 105 cm³/mol. The van der Waals surface area contributed by atoms with Gasteiger partial charge in [0.25, 0.3) is 0 Å². The largest absolute Gasteiger partial charge is 0.359 e. The first-order chi connectivity index (χ1) is 12.8. The molecule has 7 heteroatoms. The number of hydrogen-bond donors (Lipinski definition) is 2. The maximum atomic E-state index is 12.8. The molecule has 0 saturated carbocycles. The van der Waals surface area contributed by atoms with Crippen LogP contribution in [0.5, 0.6) is 0 Å². The topological polar surface area (TPSA) is 81.8 Å². The van der Waals surface area contributed by atoms with Crippen LogP contribution in [-0.4, -0.2) is 60.4 Å². The Morgan fingerprint density at radius 3 is 2.59 bits per heavy atom. The van der Waals surface area contributed by atoms with Gasteiger partial charge in [0.15, 0.2) is 0 Å². The van der Waals surface area contributed by atoms with E-state index in [1.165, 1.54) is 0 Å². The first kappa shape index (κ1) is 20.7. The van der Waals surface area contributed by atoms with Crippen molar-refractivity contribution in [1.82, 2.24) is 15.1 Å². The molecule has 1 aliphatic rings. The molecule has 1 fully saturated rings. The zero-order chi connectivity index (χ0) is 20.0. The van der Waals surface area contributed by atoms with Crippen LogP contribution in [0, 0.1) is 5.92 Å². The summed E-state index contributed by atoms with van der Waals surface area (Å²) in [6, 6.07) is 6.66. The molecular formula is C20H30N4O3. The summed E-state index contributed by atoms with van der Waals surface area (Å²) in [5.41, 5.74) is 1.57. The standard InChI is InChI=1S/C20H30N4O3/c1-14(2)13-23-11-12-24(15(3)19(23)26)20(27)22-17-8-6-5-7-16(17)9-10-18(25)21-4/h5-8,14-15H,9-13H2,1-4H3,(H,21,25)(H,22,27). The monoisotopic (exact) mass is 374 g/mol. The molecule has 7 nitrogen and oxygen atoms in total. The number of piperazine rings is 1. The third-order valence-corrected chi connectivity index (χ3v) is 4.75. The van der Waals surface area contributed by atoms with E-state index in [2.05, 4.69) is 24.5 Å². The van der Waals surface area contributed by atoms with Gasteiger partial charge in [-0.2, -0.15) is 0 Å². The van der Waals surface area contributed by atoms with Gasteiger partial charge in [-0.05, 0) is 30.9 Å². The molecule has 2 rings (SSSR count). The molecule has 1 atom stereocenters. The van der Waals surface area contributed by atoms with E-state index in [9.17, 15) is 14.4 Å². The number of hydrogen-bond acceptors (Lipinski definition) is 3. The van der Waals surface area contributed by atoms with Gasteiger partial charge >= 0.3 is 6.03 Å². The van der Waals surface area contributed by atoms with Gasteiger partial charge in [-0.15, -0.1) is 0 Å². The number of rotatable bonds is 6. The zero-order valence-corrected chi connectivity index (χ0v) is 16.6. The Morgan fingerprint density at radius 1 is 1.22 bits per heavy atom. The molecule has 27 heavy (non-hydrogen) atoms. The number of amides is 4. The number of urea groups is 1. The molecule has 148 valence electrons. The Morgan fingerprint density at radius 2 is 1.93 bits per heavy atom. The Balaban J connectivity index is 2.03. The van der Waals surface area contributed by atoms with Crippen LogP contribution in [0.3, 0.4) is 0 Å². The van der Waals surface area contributed by atoms with Gasteiger partial charge in [0.2, 0.25) is 11.8 Å². The number of para-hydroxylation sites is 1. The van der Waals surface area contributed by atoms with E-state index in [1.807, 2.05) is 29.2 Å². The number of nitrogens with one attached hydrogen (secondary N) is 2.